The summed E-state index contributed by atoms with van der Waals surface area (Å²) in [7, 11) is 0. The van der Waals surface area contributed by atoms with E-state index < -0.39 is 0 Å². The number of hydrogen-bond donors (Lipinski definition) is 3. The van der Waals surface area contributed by atoms with Crippen LogP contribution in [0.2, 0.25) is 0 Å². The van der Waals surface area contributed by atoms with E-state index in [1.54, 1.807) is 6.20 Å². The molecule has 6 nitrogen and oxygen atoms in total. The van der Waals surface area contributed by atoms with Gasteiger partial charge in [0.1, 0.15) is 0 Å². The summed E-state index contributed by atoms with van der Waals surface area (Å²) in [4.78, 5) is 4.29. The number of rotatable bonds is 6. The molecule has 0 atom stereocenters. The van der Waals surface area contributed by atoms with Crippen LogP contribution in [0.5, 0.6) is 0 Å². The molecule has 0 aliphatic carbocycles. The lowest BCUT2D eigenvalue weighted by atomic mass is 10.3. The molecule has 0 amide bonds. The lowest BCUT2D eigenvalue weighted by Gasteiger charge is -2.08. The Kier molecular flexibility index (Phi) is 6.02. The van der Waals surface area contributed by atoms with Crippen LogP contribution < -0.4 is 16.6 Å². The number of hydrazine groups is 1. The predicted octanol–water partition coefficient (Wildman–Crippen LogP) is 0.0921. The lowest BCUT2D eigenvalue weighted by molar-refractivity contribution is 0.597. The Bertz CT molecular complexity index is 292. The second-order valence-corrected chi connectivity index (χ2v) is 3.42. The summed E-state index contributed by atoms with van der Waals surface area (Å²) < 4.78 is 1.85. The van der Waals surface area contributed by atoms with Gasteiger partial charge in [-0.2, -0.15) is 5.10 Å². The van der Waals surface area contributed by atoms with E-state index in [4.69, 9.17) is 5.84 Å². The summed E-state index contributed by atoms with van der Waals surface area (Å²) >= 11 is 0. The van der Waals surface area contributed by atoms with E-state index in [2.05, 4.69) is 27.8 Å². The van der Waals surface area contributed by atoms with Crippen molar-refractivity contribution in [1.82, 2.24) is 20.5 Å². The van der Waals surface area contributed by atoms with E-state index in [-0.39, 0.29) is 0 Å². The maximum Gasteiger partial charge on any atom is 0.205 e. The highest BCUT2D eigenvalue weighted by Crippen LogP contribution is 1.86. The van der Waals surface area contributed by atoms with Gasteiger partial charge in [0.25, 0.3) is 0 Å². The molecule has 90 valence electrons. The Labute approximate surface area is 95.9 Å². The first kappa shape index (κ1) is 12.5. The number of hydrogen-bond acceptors (Lipinski definition) is 3. The van der Waals surface area contributed by atoms with Crippen molar-refractivity contribution in [3.05, 3.63) is 18.5 Å². The first-order valence-electron chi connectivity index (χ1n) is 5.59. The molecule has 1 rings (SSSR count). The van der Waals surface area contributed by atoms with Crippen molar-refractivity contribution < 1.29 is 0 Å². The molecule has 0 bridgehead atoms. The number of unbranched alkanes of at least 4 members (excludes halogenated alkanes) is 1. The summed E-state index contributed by atoms with van der Waals surface area (Å²) in [6.07, 6.45) is 5.89. The van der Waals surface area contributed by atoms with E-state index in [0.717, 1.165) is 32.5 Å². The predicted molar refractivity (Wildman–Crippen MR) is 64.8 cm³/mol. The first-order chi connectivity index (χ1) is 7.86. The fourth-order valence-electron chi connectivity index (χ4n) is 1.22. The first-order valence-corrected chi connectivity index (χ1v) is 5.59. The molecule has 0 radical (unpaired) electrons. The van der Waals surface area contributed by atoms with Crippen molar-refractivity contribution in [2.45, 2.75) is 26.3 Å². The number of nitrogens with one attached hydrogen (secondary N) is 2. The minimum absolute atomic E-state index is 0.639. The summed E-state index contributed by atoms with van der Waals surface area (Å²) in [5, 5.41) is 7.22. The van der Waals surface area contributed by atoms with Gasteiger partial charge in [0, 0.05) is 25.5 Å². The third-order valence-corrected chi connectivity index (χ3v) is 2.11. The minimum atomic E-state index is 0.639. The van der Waals surface area contributed by atoms with Gasteiger partial charge in [0.05, 0.1) is 6.54 Å². The third kappa shape index (κ3) is 4.79. The summed E-state index contributed by atoms with van der Waals surface area (Å²) in [5.41, 5.74) is 2.55. The zero-order chi connectivity index (χ0) is 11.6. The van der Waals surface area contributed by atoms with Gasteiger partial charge in [-0.05, 0) is 12.5 Å². The quantitative estimate of drug-likeness (QED) is 0.210. The zero-order valence-corrected chi connectivity index (χ0v) is 9.69. The standard InChI is InChI=1S/C10H20N6/c1-2-3-5-12-10(15-11)13-7-9-16-8-4-6-14-16/h4,6,8H,2-3,5,7,9,11H2,1H3,(H2,12,13,15). The van der Waals surface area contributed by atoms with Crippen molar-refractivity contribution in [3.8, 4) is 0 Å². The Morgan fingerprint density at radius 3 is 3.06 bits per heavy atom. The van der Waals surface area contributed by atoms with E-state index in [9.17, 15) is 0 Å². The van der Waals surface area contributed by atoms with Crippen LogP contribution in [0.15, 0.2) is 23.5 Å². The smallest absolute Gasteiger partial charge is 0.205 e. The molecule has 0 fully saturated rings. The van der Waals surface area contributed by atoms with Crippen molar-refractivity contribution in [2.24, 2.45) is 10.8 Å². The van der Waals surface area contributed by atoms with E-state index in [0.29, 0.717) is 5.96 Å². The van der Waals surface area contributed by atoms with Crippen LogP contribution in [-0.4, -0.2) is 28.8 Å². The number of aromatic nitrogens is 2. The second-order valence-electron chi connectivity index (χ2n) is 3.42. The highest BCUT2D eigenvalue weighted by molar-refractivity contribution is 5.79. The Morgan fingerprint density at radius 1 is 1.56 bits per heavy atom. The van der Waals surface area contributed by atoms with Crippen molar-refractivity contribution in [2.75, 3.05) is 13.1 Å². The SMILES string of the molecule is CCCCN=C(NN)NCCn1cccn1. The number of nitrogens with zero attached hydrogens (tertiary/aromatic N) is 3. The topological polar surface area (TPSA) is 80.3 Å². The van der Waals surface area contributed by atoms with Gasteiger partial charge in [-0.15, -0.1) is 0 Å². The maximum absolute atomic E-state index is 5.35. The molecule has 1 heterocycles. The third-order valence-electron chi connectivity index (χ3n) is 2.11. The zero-order valence-electron chi connectivity index (χ0n) is 9.69. The van der Waals surface area contributed by atoms with Crippen LogP contribution in [-0.2, 0) is 6.54 Å². The lowest BCUT2D eigenvalue weighted by Crippen LogP contribution is -2.42. The summed E-state index contributed by atoms with van der Waals surface area (Å²) in [5.74, 6) is 5.99. The molecular weight excluding hydrogens is 204 g/mol. The molecule has 0 saturated heterocycles. The molecule has 0 spiro atoms. The van der Waals surface area contributed by atoms with Crippen LogP contribution in [0.25, 0.3) is 0 Å². The summed E-state index contributed by atoms with van der Waals surface area (Å²) in [6, 6.07) is 1.90. The maximum atomic E-state index is 5.35. The molecule has 0 aromatic carbocycles. The monoisotopic (exact) mass is 224 g/mol. The van der Waals surface area contributed by atoms with E-state index in [1.165, 1.54) is 0 Å². The molecule has 6 heteroatoms. The molecule has 0 aliphatic rings. The highest BCUT2D eigenvalue weighted by Gasteiger charge is 1.95. The van der Waals surface area contributed by atoms with Crippen LogP contribution in [0, 0.1) is 0 Å². The average molecular weight is 224 g/mol. The molecule has 1 aromatic heterocycles. The van der Waals surface area contributed by atoms with Crippen LogP contribution in [0.3, 0.4) is 0 Å². The molecule has 1 aromatic rings. The molecule has 16 heavy (non-hydrogen) atoms. The van der Waals surface area contributed by atoms with Crippen LogP contribution >= 0.6 is 0 Å². The van der Waals surface area contributed by atoms with Crippen molar-refractivity contribution >= 4 is 5.96 Å². The van der Waals surface area contributed by atoms with E-state index in [1.807, 2.05) is 16.9 Å². The van der Waals surface area contributed by atoms with Crippen molar-refractivity contribution in [3.63, 3.8) is 0 Å². The van der Waals surface area contributed by atoms with Gasteiger partial charge < -0.3 is 5.32 Å². The van der Waals surface area contributed by atoms with Gasteiger partial charge in [-0.1, -0.05) is 13.3 Å². The molecular formula is C10H20N6. The van der Waals surface area contributed by atoms with Gasteiger partial charge in [0.15, 0.2) is 0 Å². The number of nitrogens with two attached hydrogens (primary N) is 1. The van der Waals surface area contributed by atoms with Gasteiger partial charge in [-0.3, -0.25) is 15.1 Å². The molecule has 0 saturated carbocycles. The molecule has 0 aliphatic heterocycles. The Hall–Kier alpha value is -1.56. The number of aliphatic imine (C=N–C) groups is 1. The van der Waals surface area contributed by atoms with E-state index >= 15 is 0 Å². The average Bonchev–Trinajstić information content (AvgIpc) is 2.80. The van der Waals surface area contributed by atoms with Crippen LogP contribution in [0.1, 0.15) is 19.8 Å². The number of guanidine groups is 1. The van der Waals surface area contributed by atoms with Gasteiger partial charge in [0.2, 0.25) is 5.96 Å². The van der Waals surface area contributed by atoms with Crippen molar-refractivity contribution in [1.29, 1.82) is 0 Å². The van der Waals surface area contributed by atoms with Crippen LogP contribution in [0.4, 0.5) is 0 Å². The molecule has 4 N–H and O–H groups in total. The normalized spacial score (nSPS) is 11.5. The fraction of sp³-hybridized carbons (Fsp3) is 0.600. The van der Waals surface area contributed by atoms with Gasteiger partial charge >= 0.3 is 0 Å². The highest BCUT2D eigenvalue weighted by atomic mass is 15.3. The fourth-order valence-corrected chi connectivity index (χ4v) is 1.22. The second kappa shape index (κ2) is 7.70. The summed E-state index contributed by atoms with van der Waals surface area (Å²) in [6.45, 7) is 4.47. The Morgan fingerprint density at radius 2 is 2.44 bits per heavy atom. The largest absolute Gasteiger partial charge is 0.353 e. The Balaban J connectivity index is 2.20. The van der Waals surface area contributed by atoms with Gasteiger partial charge in [-0.25, -0.2) is 5.84 Å². The molecule has 0 unspecified atom stereocenters. The minimum Gasteiger partial charge on any atom is -0.353 e.